The van der Waals surface area contributed by atoms with Gasteiger partial charge in [0.15, 0.2) is 6.10 Å². The van der Waals surface area contributed by atoms with Gasteiger partial charge in [-0.05, 0) is 51.6 Å². The Morgan fingerprint density at radius 2 is 1.78 bits per heavy atom. The van der Waals surface area contributed by atoms with Crippen LogP contribution in [0.5, 0.6) is 0 Å². The minimum Gasteiger partial charge on any atom is -0.481 e. The summed E-state index contributed by atoms with van der Waals surface area (Å²) in [5.41, 5.74) is 0.139. The molecule has 3 amide bonds. The molecule has 3 N–H and O–H groups in total. The smallest absolute Gasteiger partial charge is 0.306 e. The van der Waals surface area contributed by atoms with E-state index in [1.807, 2.05) is 39.6 Å². The number of piperidine rings is 1. The second kappa shape index (κ2) is 17.6. The molecule has 12 nitrogen and oxygen atoms in total. The number of likely N-dealkylation sites (N-methyl/N-ethyl adjacent to an activating group) is 2. The van der Waals surface area contributed by atoms with Gasteiger partial charge in [0, 0.05) is 37.9 Å². The second-order valence-electron chi connectivity index (χ2n) is 12.9. The first-order valence-corrected chi connectivity index (χ1v) is 16.9. The van der Waals surface area contributed by atoms with Crippen LogP contribution in [0, 0.1) is 17.8 Å². The first kappa shape index (κ1) is 38.1. The number of carboxylic acid groups (broad SMARTS) is 1. The Bertz CT molecular complexity index is 1170. The highest BCUT2D eigenvalue weighted by Gasteiger charge is 2.37. The fraction of sp³-hybridized carbons (Fsp3) is 0.750. The molecule has 0 spiro atoms. The maximum absolute atomic E-state index is 14.0. The number of esters is 1. The van der Waals surface area contributed by atoms with E-state index in [4.69, 9.17) is 9.84 Å². The van der Waals surface area contributed by atoms with Gasteiger partial charge in [0.25, 0.3) is 5.91 Å². The molecule has 7 atom stereocenters. The summed E-state index contributed by atoms with van der Waals surface area (Å²) < 4.78 is 5.68. The Morgan fingerprint density at radius 1 is 1.11 bits per heavy atom. The number of aliphatic carboxylic acids is 1. The third kappa shape index (κ3) is 11.1. The van der Waals surface area contributed by atoms with E-state index in [2.05, 4.69) is 15.6 Å². The van der Waals surface area contributed by atoms with Gasteiger partial charge < -0.3 is 25.4 Å². The number of nitrogens with zero attached hydrogens (tertiary/aromatic N) is 3. The minimum absolute atomic E-state index is 0.0328. The van der Waals surface area contributed by atoms with Gasteiger partial charge in [0.2, 0.25) is 11.8 Å². The number of carboxylic acids is 1. The molecule has 2 rings (SSSR count). The Morgan fingerprint density at radius 3 is 2.33 bits per heavy atom. The van der Waals surface area contributed by atoms with Gasteiger partial charge in [-0.3, -0.25) is 28.9 Å². The van der Waals surface area contributed by atoms with Crippen LogP contribution in [-0.4, -0.2) is 94.4 Å². The summed E-state index contributed by atoms with van der Waals surface area (Å²) >= 11 is 1.18. The lowest BCUT2D eigenvalue weighted by Gasteiger charge is -2.38. The predicted octanol–water partition coefficient (Wildman–Crippen LogP) is 3.86. The number of rotatable bonds is 16. The molecule has 0 radical (unpaired) electrons. The van der Waals surface area contributed by atoms with Crippen molar-refractivity contribution in [3.63, 3.8) is 0 Å². The van der Waals surface area contributed by atoms with Crippen molar-refractivity contribution in [2.45, 2.75) is 117 Å². The third-order valence-electron chi connectivity index (χ3n) is 8.76. The average molecular weight is 652 g/mol. The highest BCUT2D eigenvalue weighted by Crippen LogP contribution is 2.31. The topological polar surface area (TPSA) is 158 Å². The zero-order valence-corrected chi connectivity index (χ0v) is 29.1. The van der Waals surface area contributed by atoms with E-state index in [9.17, 15) is 24.0 Å². The quantitative estimate of drug-likeness (QED) is 0.226. The summed E-state index contributed by atoms with van der Waals surface area (Å²) in [5.74, 6) is -3.00. The number of thiazole rings is 1. The highest BCUT2D eigenvalue weighted by molar-refractivity contribution is 7.09. The number of amides is 3. The van der Waals surface area contributed by atoms with Crippen molar-refractivity contribution < 1.29 is 33.8 Å². The van der Waals surface area contributed by atoms with Crippen LogP contribution in [0.25, 0.3) is 0 Å². The van der Waals surface area contributed by atoms with E-state index in [1.54, 1.807) is 31.2 Å². The lowest BCUT2D eigenvalue weighted by atomic mass is 9.92. The number of carbonyl (C=O) groups excluding carboxylic acids is 4. The van der Waals surface area contributed by atoms with Crippen LogP contribution in [0.4, 0.5) is 0 Å². The SMILES string of the molecule is CC[C@H](C)[C@H](NC(=O)[C@H]1CCCCN1C)C(=O)N(C)[C@H](C[C@@H](OC(C)=O)c1nc(C(=O)N[C@@H](C)C[C@H](C)C(=O)O)cs1)C(C)C. The molecule has 0 saturated carbocycles. The second-order valence-corrected chi connectivity index (χ2v) is 13.8. The van der Waals surface area contributed by atoms with E-state index in [1.165, 1.54) is 18.3 Å². The van der Waals surface area contributed by atoms with Crippen molar-refractivity contribution in [3.8, 4) is 0 Å². The number of likely N-dealkylation sites (tertiary alicyclic amines) is 1. The molecule has 0 bridgehead atoms. The lowest BCUT2D eigenvalue weighted by molar-refractivity contribution is -0.149. The third-order valence-corrected chi connectivity index (χ3v) is 9.70. The van der Waals surface area contributed by atoms with Crippen molar-refractivity contribution in [1.29, 1.82) is 0 Å². The summed E-state index contributed by atoms with van der Waals surface area (Å²) in [7, 11) is 3.65. The first-order chi connectivity index (χ1) is 21.1. The zero-order valence-electron chi connectivity index (χ0n) is 28.3. The molecule has 2 heterocycles. The van der Waals surface area contributed by atoms with E-state index < -0.39 is 35.9 Å². The first-order valence-electron chi connectivity index (χ1n) is 16.0. The van der Waals surface area contributed by atoms with Gasteiger partial charge in [-0.15, -0.1) is 11.3 Å². The summed E-state index contributed by atoms with van der Waals surface area (Å²) in [4.78, 5) is 71.7. The fourth-order valence-corrected chi connectivity index (χ4v) is 6.59. The molecule has 0 unspecified atom stereocenters. The van der Waals surface area contributed by atoms with Gasteiger partial charge in [-0.1, -0.05) is 47.5 Å². The summed E-state index contributed by atoms with van der Waals surface area (Å²) in [5, 5.41) is 17.0. The van der Waals surface area contributed by atoms with E-state index >= 15 is 0 Å². The predicted molar refractivity (Wildman–Crippen MR) is 173 cm³/mol. The molecule has 1 aromatic heterocycles. The summed E-state index contributed by atoms with van der Waals surface area (Å²) in [6, 6.07) is -1.74. The number of hydrogen-bond acceptors (Lipinski definition) is 9. The molecule has 1 aromatic rings. The van der Waals surface area contributed by atoms with Gasteiger partial charge in [0.05, 0.1) is 12.0 Å². The molecular formula is C32H53N5O7S. The summed E-state index contributed by atoms with van der Waals surface area (Å²) in [6.45, 7) is 13.4. The van der Waals surface area contributed by atoms with E-state index in [0.717, 1.165) is 25.8 Å². The number of aromatic nitrogens is 1. The van der Waals surface area contributed by atoms with E-state index in [-0.39, 0.29) is 60.3 Å². The van der Waals surface area contributed by atoms with Crippen molar-refractivity contribution >= 4 is 41.0 Å². The molecule has 1 aliphatic heterocycles. The number of nitrogens with one attached hydrogen (secondary N) is 2. The number of hydrogen-bond donors (Lipinski definition) is 3. The molecule has 0 aromatic carbocycles. The Labute approximate surface area is 271 Å². The highest BCUT2D eigenvalue weighted by atomic mass is 32.1. The van der Waals surface area contributed by atoms with Gasteiger partial charge >= 0.3 is 11.9 Å². The molecular weight excluding hydrogens is 598 g/mol. The van der Waals surface area contributed by atoms with Crippen LogP contribution in [0.3, 0.4) is 0 Å². The molecule has 1 fully saturated rings. The number of ether oxygens (including phenoxy) is 1. The Hall–Kier alpha value is -3.06. The normalized spacial score (nSPS) is 19.5. The van der Waals surface area contributed by atoms with Crippen molar-refractivity contribution in [2.75, 3.05) is 20.6 Å². The zero-order chi connectivity index (χ0) is 34.0. The monoisotopic (exact) mass is 651 g/mol. The van der Waals surface area contributed by atoms with Crippen molar-refractivity contribution in [3.05, 3.63) is 16.1 Å². The van der Waals surface area contributed by atoms with Crippen LogP contribution >= 0.6 is 11.3 Å². The largest absolute Gasteiger partial charge is 0.481 e. The van der Waals surface area contributed by atoms with Crippen LogP contribution in [-0.2, 0) is 23.9 Å². The van der Waals surface area contributed by atoms with E-state index in [0.29, 0.717) is 11.4 Å². The van der Waals surface area contributed by atoms with Crippen molar-refractivity contribution in [2.24, 2.45) is 17.8 Å². The molecule has 1 aliphatic rings. The van der Waals surface area contributed by atoms with Crippen LogP contribution < -0.4 is 10.6 Å². The van der Waals surface area contributed by atoms with Crippen LogP contribution in [0.15, 0.2) is 5.38 Å². The van der Waals surface area contributed by atoms with Gasteiger partial charge in [-0.25, -0.2) is 4.98 Å². The maximum atomic E-state index is 14.0. The van der Waals surface area contributed by atoms with Gasteiger partial charge in [-0.2, -0.15) is 0 Å². The molecule has 1 saturated heterocycles. The summed E-state index contributed by atoms with van der Waals surface area (Å²) in [6.07, 6.45) is 3.17. The van der Waals surface area contributed by atoms with Gasteiger partial charge in [0.1, 0.15) is 16.7 Å². The van der Waals surface area contributed by atoms with Crippen LogP contribution in [0.2, 0.25) is 0 Å². The molecule has 45 heavy (non-hydrogen) atoms. The number of carbonyl (C=O) groups is 5. The fourth-order valence-electron chi connectivity index (χ4n) is 5.75. The molecule has 0 aliphatic carbocycles. The maximum Gasteiger partial charge on any atom is 0.306 e. The average Bonchev–Trinajstić information content (AvgIpc) is 3.47. The molecule has 254 valence electrons. The lowest BCUT2D eigenvalue weighted by Crippen LogP contribution is -2.58. The molecule has 13 heteroatoms. The Balaban J connectivity index is 2.25. The minimum atomic E-state index is -0.936. The Kier molecular flexibility index (Phi) is 14.9. The van der Waals surface area contributed by atoms with Crippen molar-refractivity contribution in [1.82, 2.24) is 25.4 Å². The standard InChI is InChI=1S/C32H53N5O7S/c1-10-19(4)27(35-29(40)24-13-11-12-14-36(24)8)31(41)37(9)25(18(2)3)16-26(44-22(7)38)30-34-23(17-45-30)28(39)33-21(6)15-20(5)32(42)43/h17-21,24-27H,10-16H2,1-9H3,(H,33,39)(H,35,40)(H,42,43)/t19-,20-,21-,24+,25+,26+,27-/m0/s1. The van der Waals surface area contributed by atoms with Crippen LogP contribution in [0.1, 0.15) is 109 Å².